The lowest BCUT2D eigenvalue weighted by molar-refractivity contribution is -0.161. The number of carboxylic acid groups (broad SMARTS) is 1. The van der Waals surface area contributed by atoms with E-state index in [1.54, 1.807) is 11.8 Å². The summed E-state index contributed by atoms with van der Waals surface area (Å²) < 4.78 is 4.63. The van der Waals surface area contributed by atoms with Crippen LogP contribution in [0.1, 0.15) is 26.2 Å². The highest BCUT2D eigenvalue weighted by Crippen LogP contribution is 2.03. The van der Waals surface area contributed by atoms with Crippen LogP contribution < -0.4 is 28.7 Å². The third-order valence-electron chi connectivity index (χ3n) is 3.21. The lowest BCUT2D eigenvalue weighted by Gasteiger charge is -2.12. The van der Waals surface area contributed by atoms with E-state index in [9.17, 15) is 14.4 Å². The first-order valence-corrected chi connectivity index (χ1v) is 9.80. The molecule has 0 unspecified atom stereocenters. The van der Waals surface area contributed by atoms with Crippen LogP contribution in [0.25, 0.3) is 0 Å². The molecule has 28 heavy (non-hydrogen) atoms. The van der Waals surface area contributed by atoms with E-state index in [0.717, 1.165) is 5.75 Å². The van der Waals surface area contributed by atoms with E-state index in [-0.39, 0.29) is 5.96 Å². The Kier molecular flexibility index (Phi) is 16.2. The number of rotatable bonds is 11. The molecule has 0 saturated carbocycles. The van der Waals surface area contributed by atoms with Gasteiger partial charge in [-0.1, -0.05) is 0 Å². The first-order chi connectivity index (χ1) is 12.9. The Morgan fingerprint density at radius 1 is 1.07 bits per heavy atom. The van der Waals surface area contributed by atoms with E-state index in [2.05, 4.69) is 9.73 Å². The minimum Gasteiger partial charge on any atom is -0.480 e. The smallest absolute Gasteiger partial charge is 0.330 e. The Morgan fingerprint density at radius 3 is 1.93 bits per heavy atom. The summed E-state index contributed by atoms with van der Waals surface area (Å²) in [5.41, 5.74) is 26.4. The van der Waals surface area contributed by atoms with Gasteiger partial charge in [-0.25, -0.2) is 9.59 Å². The molecule has 0 bridgehead atoms. The molecule has 164 valence electrons. The van der Waals surface area contributed by atoms with Crippen molar-refractivity contribution in [1.29, 1.82) is 0 Å². The number of aliphatic hydroxyl groups is 1. The Labute approximate surface area is 168 Å². The van der Waals surface area contributed by atoms with E-state index in [0.29, 0.717) is 25.8 Å². The van der Waals surface area contributed by atoms with E-state index in [1.807, 2.05) is 6.26 Å². The molecule has 0 aromatic rings. The second-order valence-corrected chi connectivity index (χ2v) is 6.77. The van der Waals surface area contributed by atoms with Crippen molar-refractivity contribution in [1.82, 2.24) is 0 Å². The summed E-state index contributed by atoms with van der Waals surface area (Å²) in [7, 11) is 0. The van der Waals surface area contributed by atoms with Gasteiger partial charge in [-0.05, 0) is 38.2 Å². The maximum atomic E-state index is 11.5. The molecule has 0 aromatic heterocycles. The van der Waals surface area contributed by atoms with Crippen molar-refractivity contribution in [3.8, 4) is 0 Å². The number of hydrogen-bond donors (Lipinski definition) is 7. The number of aliphatic carboxylic acids is 1. The molecule has 0 spiro atoms. The first-order valence-electron chi connectivity index (χ1n) is 8.41. The summed E-state index contributed by atoms with van der Waals surface area (Å²) >= 11 is 1.56. The normalized spacial score (nSPS) is 14.5. The first kappa shape index (κ1) is 28.3. The topological polar surface area (TPSA) is 243 Å². The van der Waals surface area contributed by atoms with Crippen molar-refractivity contribution < 1.29 is 29.3 Å². The van der Waals surface area contributed by atoms with E-state index in [4.69, 9.17) is 38.9 Å². The number of guanidine groups is 1. The number of hydrogen-bond acceptors (Lipinski definition) is 10. The van der Waals surface area contributed by atoms with E-state index < -0.39 is 42.1 Å². The summed E-state index contributed by atoms with van der Waals surface area (Å²) in [4.78, 5) is 36.7. The van der Waals surface area contributed by atoms with Crippen LogP contribution in [0.5, 0.6) is 0 Å². The number of carbonyl (C=O) groups excluding carboxylic acids is 2. The lowest BCUT2D eigenvalue weighted by atomic mass is 10.1. The predicted molar refractivity (Wildman–Crippen MR) is 107 cm³/mol. The van der Waals surface area contributed by atoms with Crippen molar-refractivity contribution in [2.24, 2.45) is 33.7 Å². The highest BCUT2D eigenvalue weighted by molar-refractivity contribution is 7.98. The van der Waals surface area contributed by atoms with Crippen LogP contribution in [-0.2, 0) is 19.1 Å². The molecule has 12 nitrogen and oxygen atoms in total. The van der Waals surface area contributed by atoms with Gasteiger partial charge in [0, 0.05) is 6.54 Å². The predicted octanol–water partition coefficient (Wildman–Crippen LogP) is -2.70. The zero-order valence-corrected chi connectivity index (χ0v) is 16.9. The summed E-state index contributed by atoms with van der Waals surface area (Å²) in [6.45, 7) is 1.70. The van der Waals surface area contributed by atoms with Crippen molar-refractivity contribution >= 4 is 35.6 Å². The maximum Gasteiger partial charge on any atom is 0.330 e. The zero-order valence-electron chi connectivity index (χ0n) is 16.1. The quantitative estimate of drug-likeness (QED) is 0.0588. The number of nitrogens with two attached hydrogens (primary N) is 5. The van der Waals surface area contributed by atoms with Crippen LogP contribution in [0.15, 0.2) is 4.99 Å². The fraction of sp³-hybridized carbons (Fsp3) is 0.733. The average molecular weight is 425 g/mol. The second kappa shape index (κ2) is 16.1. The van der Waals surface area contributed by atoms with Crippen LogP contribution >= 0.6 is 11.8 Å². The highest BCUT2D eigenvalue weighted by Gasteiger charge is 2.22. The summed E-state index contributed by atoms with van der Waals surface area (Å²) in [5.74, 6) is -2.01. The molecule has 0 aliphatic carbocycles. The maximum absolute atomic E-state index is 11.5. The van der Waals surface area contributed by atoms with Crippen LogP contribution in [-0.4, -0.2) is 76.9 Å². The van der Waals surface area contributed by atoms with Crippen molar-refractivity contribution in [3.63, 3.8) is 0 Å². The monoisotopic (exact) mass is 424 g/mol. The minimum atomic E-state index is -1.18. The van der Waals surface area contributed by atoms with Crippen molar-refractivity contribution in [2.45, 2.75) is 50.4 Å². The van der Waals surface area contributed by atoms with Crippen molar-refractivity contribution in [2.75, 3.05) is 18.6 Å². The fourth-order valence-corrected chi connectivity index (χ4v) is 1.95. The standard InChI is InChI=1S/C11H23N5O3S.C4H9NO3/c1-20-6-4-8(13)10(18)19-9(17)7(12)3-2-5-16-11(14)15;1-2(6)3(5)4(7)8/h7-8H,2-6,12-13H2,1H3,(H4,14,15,16);2-3,6H,5H2,1H3,(H,7,8)/t7-,8-;2-,3+/m01/s1. The van der Waals surface area contributed by atoms with Gasteiger partial charge in [0.1, 0.15) is 18.1 Å². The minimum absolute atomic E-state index is 0.0175. The van der Waals surface area contributed by atoms with Gasteiger partial charge in [0.2, 0.25) is 0 Å². The molecule has 0 heterocycles. The molecule has 0 radical (unpaired) electrons. The SMILES string of the molecule is CSCC[C@H](N)C(=O)OC(=O)[C@@H](N)CCCN=C(N)N.C[C@@H](O)[C@H](N)C(=O)O. The molecule has 0 fully saturated rings. The van der Waals surface area contributed by atoms with Gasteiger partial charge in [-0.2, -0.15) is 11.8 Å². The molecule has 0 aromatic carbocycles. The molecule has 0 aliphatic rings. The second-order valence-electron chi connectivity index (χ2n) is 5.79. The Morgan fingerprint density at radius 2 is 1.57 bits per heavy atom. The Balaban J connectivity index is 0. The molecule has 4 atom stereocenters. The summed E-state index contributed by atoms with van der Waals surface area (Å²) in [6, 6.07) is -2.85. The van der Waals surface area contributed by atoms with E-state index in [1.165, 1.54) is 6.92 Å². The number of carbonyl (C=O) groups is 3. The van der Waals surface area contributed by atoms with Crippen LogP contribution in [0.4, 0.5) is 0 Å². The molecular formula is C15H32N6O6S. The number of esters is 2. The van der Waals surface area contributed by atoms with Gasteiger partial charge in [0.05, 0.1) is 6.10 Å². The number of nitrogens with zero attached hydrogens (tertiary/aromatic N) is 1. The summed E-state index contributed by atoms with van der Waals surface area (Å²) in [5, 5.41) is 16.6. The molecule has 0 amide bonds. The average Bonchev–Trinajstić information content (AvgIpc) is 2.62. The van der Waals surface area contributed by atoms with Crippen LogP contribution in [0.2, 0.25) is 0 Å². The summed E-state index contributed by atoms with van der Waals surface area (Å²) in [6.07, 6.45) is 2.21. The van der Waals surface area contributed by atoms with Gasteiger partial charge in [-0.15, -0.1) is 0 Å². The van der Waals surface area contributed by atoms with Gasteiger partial charge in [-0.3, -0.25) is 9.79 Å². The van der Waals surface area contributed by atoms with Gasteiger partial charge < -0.3 is 43.6 Å². The molecule has 12 N–H and O–H groups in total. The van der Waals surface area contributed by atoms with Crippen molar-refractivity contribution in [3.05, 3.63) is 0 Å². The van der Waals surface area contributed by atoms with Gasteiger partial charge in [0.15, 0.2) is 5.96 Å². The lowest BCUT2D eigenvalue weighted by Crippen LogP contribution is -2.39. The number of ether oxygens (including phenoxy) is 1. The zero-order chi connectivity index (χ0) is 22.3. The number of aliphatic hydroxyl groups excluding tert-OH is 1. The number of carboxylic acids is 1. The fourth-order valence-electron chi connectivity index (χ4n) is 1.46. The highest BCUT2D eigenvalue weighted by atomic mass is 32.2. The van der Waals surface area contributed by atoms with E-state index >= 15 is 0 Å². The third kappa shape index (κ3) is 15.2. The van der Waals surface area contributed by atoms with Crippen LogP contribution in [0, 0.1) is 0 Å². The van der Waals surface area contributed by atoms with Gasteiger partial charge in [0.25, 0.3) is 0 Å². The number of thioether (sulfide) groups is 1. The Bertz CT molecular complexity index is 515. The number of aliphatic imine (C=N–C) groups is 1. The molecule has 0 aliphatic heterocycles. The van der Waals surface area contributed by atoms with Crippen LogP contribution in [0.3, 0.4) is 0 Å². The van der Waals surface area contributed by atoms with Gasteiger partial charge >= 0.3 is 17.9 Å². The third-order valence-corrected chi connectivity index (χ3v) is 3.86. The Hall–Kier alpha value is -1.93. The molecule has 13 heteroatoms. The largest absolute Gasteiger partial charge is 0.480 e. The molecular weight excluding hydrogens is 392 g/mol. The molecule has 0 saturated heterocycles. The molecule has 0 rings (SSSR count).